The maximum absolute atomic E-state index is 5.67. The third-order valence-electron chi connectivity index (χ3n) is 2.82. The number of aromatic nitrogens is 2. The molecule has 3 heteroatoms. The average molecular weight is 235 g/mol. The second-order valence-corrected chi connectivity index (χ2v) is 4.10. The molecule has 0 spiro atoms. The molecule has 2 aromatic carbocycles. The van der Waals surface area contributed by atoms with Gasteiger partial charge in [-0.15, -0.1) is 0 Å². The maximum atomic E-state index is 5.67. The minimum Gasteiger partial charge on any atom is -0.399 e. The zero-order chi connectivity index (χ0) is 12.4. The first-order chi connectivity index (χ1) is 8.83. The summed E-state index contributed by atoms with van der Waals surface area (Å²) in [5.41, 5.74) is 9.52. The zero-order valence-corrected chi connectivity index (χ0v) is 9.82. The Morgan fingerprint density at radius 1 is 0.833 bits per heavy atom. The summed E-state index contributed by atoms with van der Waals surface area (Å²) in [5.74, 6) is 0. The Hall–Kier alpha value is -2.55. The molecule has 0 unspecified atom stereocenters. The Kier molecular flexibility index (Phi) is 2.57. The summed E-state index contributed by atoms with van der Waals surface area (Å²) in [4.78, 5) is 0. The van der Waals surface area contributed by atoms with Crippen LogP contribution in [0.1, 0.15) is 0 Å². The van der Waals surface area contributed by atoms with Gasteiger partial charge in [-0.2, -0.15) is 5.10 Å². The van der Waals surface area contributed by atoms with E-state index < -0.39 is 0 Å². The molecular formula is C15H13N3. The highest BCUT2D eigenvalue weighted by Gasteiger charge is 2.02. The second-order valence-electron chi connectivity index (χ2n) is 4.10. The molecule has 0 atom stereocenters. The molecule has 0 saturated carbocycles. The first-order valence-electron chi connectivity index (χ1n) is 5.80. The Bertz CT molecular complexity index is 639. The predicted octanol–water partition coefficient (Wildman–Crippen LogP) is 3.12. The summed E-state index contributed by atoms with van der Waals surface area (Å²) >= 11 is 0. The SMILES string of the molecule is Nc1ccc(-n2ccc(-c3ccccc3)n2)cc1. The van der Waals surface area contributed by atoms with Crippen molar-refractivity contribution in [3.8, 4) is 16.9 Å². The van der Waals surface area contributed by atoms with Crippen LogP contribution in [0.5, 0.6) is 0 Å². The molecule has 1 aromatic heterocycles. The van der Waals surface area contributed by atoms with Crippen LogP contribution in [0.25, 0.3) is 16.9 Å². The van der Waals surface area contributed by atoms with Gasteiger partial charge in [-0.25, -0.2) is 4.68 Å². The summed E-state index contributed by atoms with van der Waals surface area (Å²) in [5, 5.41) is 4.56. The van der Waals surface area contributed by atoms with Crippen molar-refractivity contribution in [1.29, 1.82) is 0 Å². The van der Waals surface area contributed by atoms with Crippen molar-refractivity contribution in [2.75, 3.05) is 5.73 Å². The molecular weight excluding hydrogens is 222 g/mol. The maximum Gasteiger partial charge on any atom is 0.0927 e. The minimum absolute atomic E-state index is 0.759. The van der Waals surface area contributed by atoms with Crippen molar-refractivity contribution in [1.82, 2.24) is 9.78 Å². The van der Waals surface area contributed by atoms with E-state index in [1.807, 2.05) is 59.4 Å². The van der Waals surface area contributed by atoms with E-state index in [4.69, 9.17) is 5.73 Å². The highest BCUT2D eigenvalue weighted by molar-refractivity contribution is 5.58. The van der Waals surface area contributed by atoms with Gasteiger partial charge in [-0.3, -0.25) is 0 Å². The first-order valence-corrected chi connectivity index (χ1v) is 5.80. The van der Waals surface area contributed by atoms with Crippen molar-refractivity contribution < 1.29 is 0 Å². The Balaban J connectivity index is 1.97. The Morgan fingerprint density at radius 2 is 1.56 bits per heavy atom. The topological polar surface area (TPSA) is 43.8 Å². The molecule has 0 amide bonds. The fourth-order valence-corrected chi connectivity index (χ4v) is 1.86. The monoisotopic (exact) mass is 235 g/mol. The van der Waals surface area contributed by atoms with Crippen molar-refractivity contribution in [2.24, 2.45) is 0 Å². The summed E-state index contributed by atoms with van der Waals surface area (Å²) in [6.45, 7) is 0. The van der Waals surface area contributed by atoms with Crippen LogP contribution in [0.2, 0.25) is 0 Å². The second kappa shape index (κ2) is 4.37. The van der Waals surface area contributed by atoms with Crippen LogP contribution >= 0.6 is 0 Å². The summed E-state index contributed by atoms with van der Waals surface area (Å²) in [6.07, 6.45) is 1.95. The molecule has 0 aliphatic rings. The van der Waals surface area contributed by atoms with Crippen LogP contribution < -0.4 is 5.73 Å². The fourth-order valence-electron chi connectivity index (χ4n) is 1.86. The van der Waals surface area contributed by atoms with Gasteiger partial charge in [0.1, 0.15) is 0 Å². The summed E-state index contributed by atoms with van der Waals surface area (Å²) < 4.78 is 1.85. The van der Waals surface area contributed by atoms with Crippen LogP contribution in [0.15, 0.2) is 66.9 Å². The predicted molar refractivity (Wildman–Crippen MR) is 73.4 cm³/mol. The lowest BCUT2D eigenvalue weighted by molar-refractivity contribution is 0.884. The summed E-state index contributed by atoms with van der Waals surface area (Å²) in [7, 11) is 0. The molecule has 3 nitrogen and oxygen atoms in total. The van der Waals surface area contributed by atoms with Gasteiger partial charge in [0, 0.05) is 17.4 Å². The lowest BCUT2D eigenvalue weighted by atomic mass is 10.2. The van der Waals surface area contributed by atoms with Crippen LogP contribution in [0, 0.1) is 0 Å². The third-order valence-corrected chi connectivity index (χ3v) is 2.82. The molecule has 88 valence electrons. The fraction of sp³-hybridized carbons (Fsp3) is 0. The molecule has 1 heterocycles. The van der Waals surface area contributed by atoms with E-state index in [-0.39, 0.29) is 0 Å². The molecule has 0 bridgehead atoms. The molecule has 0 fully saturated rings. The van der Waals surface area contributed by atoms with Crippen molar-refractivity contribution in [3.05, 3.63) is 66.9 Å². The number of hydrogen-bond acceptors (Lipinski definition) is 2. The first kappa shape index (κ1) is 10.6. The van der Waals surface area contributed by atoms with E-state index in [0.29, 0.717) is 0 Å². The van der Waals surface area contributed by atoms with Gasteiger partial charge in [0.15, 0.2) is 0 Å². The van der Waals surface area contributed by atoms with Crippen LogP contribution in [0.4, 0.5) is 5.69 Å². The zero-order valence-electron chi connectivity index (χ0n) is 9.82. The number of hydrogen-bond donors (Lipinski definition) is 1. The minimum atomic E-state index is 0.759. The third kappa shape index (κ3) is 1.98. The highest BCUT2D eigenvalue weighted by atomic mass is 15.3. The van der Waals surface area contributed by atoms with Gasteiger partial charge >= 0.3 is 0 Å². The van der Waals surface area contributed by atoms with Gasteiger partial charge in [-0.1, -0.05) is 30.3 Å². The highest BCUT2D eigenvalue weighted by Crippen LogP contribution is 2.18. The van der Waals surface area contributed by atoms with Gasteiger partial charge in [-0.05, 0) is 30.3 Å². The number of benzene rings is 2. The largest absolute Gasteiger partial charge is 0.399 e. The van der Waals surface area contributed by atoms with E-state index in [1.165, 1.54) is 0 Å². The van der Waals surface area contributed by atoms with Crippen LogP contribution in [0.3, 0.4) is 0 Å². The summed E-state index contributed by atoms with van der Waals surface area (Å²) in [6, 6.07) is 19.8. The normalized spacial score (nSPS) is 10.4. The molecule has 2 N–H and O–H groups in total. The lowest BCUT2D eigenvalue weighted by Crippen LogP contribution is -1.95. The van der Waals surface area contributed by atoms with Crippen molar-refractivity contribution in [2.45, 2.75) is 0 Å². The number of nitrogens with two attached hydrogens (primary N) is 1. The van der Waals surface area contributed by atoms with Crippen molar-refractivity contribution >= 4 is 5.69 Å². The van der Waals surface area contributed by atoms with E-state index in [0.717, 1.165) is 22.6 Å². The molecule has 0 aliphatic carbocycles. The molecule has 3 rings (SSSR count). The van der Waals surface area contributed by atoms with Gasteiger partial charge < -0.3 is 5.73 Å². The standard InChI is InChI=1S/C15H13N3/c16-13-6-8-14(9-7-13)18-11-10-15(17-18)12-4-2-1-3-5-12/h1-11H,16H2. The Labute approximate surface area is 105 Å². The quantitative estimate of drug-likeness (QED) is 0.693. The number of rotatable bonds is 2. The molecule has 3 aromatic rings. The van der Waals surface area contributed by atoms with Gasteiger partial charge in [0.25, 0.3) is 0 Å². The number of anilines is 1. The Morgan fingerprint density at radius 3 is 2.28 bits per heavy atom. The van der Waals surface area contributed by atoms with Crippen LogP contribution in [-0.2, 0) is 0 Å². The van der Waals surface area contributed by atoms with Crippen molar-refractivity contribution in [3.63, 3.8) is 0 Å². The van der Waals surface area contributed by atoms with E-state index in [9.17, 15) is 0 Å². The van der Waals surface area contributed by atoms with E-state index in [1.54, 1.807) is 0 Å². The van der Waals surface area contributed by atoms with Gasteiger partial charge in [0.2, 0.25) is 0 Å². The average Bonchev–Trinajstić information content (AvgIpc) is 2.90. The van der Waals surface area contributed by atoms with Crippen LogP contribution in [-0.4, -0.2) is 9.78 Å². The smallest absolute Gasteiger partial charge is 0.0927 e. The molecule has 18 heavy (non-hydrogen) atoms. The molecule has 0 radical (unpaired) electrons. The number of nitrogen functional groups attached to an aromatic ring is 1. The van der Waals surface area contributed by atoms with E-state index in [2.05, 4.69) is 17.2 Å². The number of nitrogens with zero attached hydrogens (tertiary/aromatic N) is 2. The molecule has 0 aliphatic heterocycles. The van der Waals surface area contributed by atoms with E-state index >= 15 is 0 Å². The lowest BCUT2D eigenvalue weighted by Gasteiger charge is -2.01. The molecule has 0 saturated heterocycles. The van der Waals surface area contributed by atoms with Gasteiger partial charge in [0.05, 0.1) is 11.4 Å².